The predicted octanol–water partition coefficient (Wildman–Crippen LogP) is 2.41. The number of carbonyl (C=O) groups is 2. The fourth-order valence-electron chi connectivity index (χ4n) is 3.33. The third kappa shape index (κ3) is 2.63. The van der Waals surface area contributed by atoms with Gasteiger partial charge in [-0.05, 0) is 44.4 Å². The number of rotatable bonds is 2. The van der Waals surface area contributed by atoms with Gasteiger partial charge in [-0.2, -0.15) is 0 Å². The molecule has 0 aromatic carbocycles. The van der Waals surface area contributed by atoms with Crippen molar-refractivity contribution < 1.29 is 14.7 Å². The highest BCUT2D eigenvalue weighted by Crippen LogP contribution is 2.31. The van der Waals surface area contributed by atoms with E-state index in [4.69, 9.17) is 0 Å². The van der Waals surface area contributed by atoms with Crippen molar-refractivity contribution in [3.05, 3.63) is 0 Å². The Morgan fingerprint density at radius 3 is 2.50 bits per heavy atom. The first-order chi connectivity index (χ1) is 9.36. The van der Waals surface area contributed by atoms with Gasteiger partial charge in [-0.25, -0.2) is 9.59 Å². The van der Waals surface area contributed by atoms with Gasteiger partial charge in [0.05, 0.1) is 0 Å². The molecular formula is C15H26N2O3. The Balaban J connectivity index is 2.09. The molecule has 2 amide bonds. The lowest BCUT2D eigenvalue weighted by atomic mass is 9.89. The van der Waals surface area contributed by atoms with E-state index in [2.05, 4.69) is 13.8 Å². The molecule has 0 spiro atoms. The van der Waals surface area contributed by atoms with Crippen LogP contribution in [0.1, 0.15) is 46.5 Å². The maximum atomic E-state index is 12.7. The van der Waals surface area contributed by atoms with Crippen LogP contribution in [0.4, 0.5) is 4.79 Å². The Morgan fingerprint density at radius 1 is 1.25 bits per heavy atom. The average Bonchev–Trinajstić information content (AvgIpc) is 2.88. The topological polar surface area (TPSA) is 60.9 Å². The van der Waals surface area contributed by atoms with E-state index in [1.165, 1.54) is 0 Å². The number of piperidine rings is 1. The van der Waals surface area contributed by atoms with Crippen LogP contribution in [0.15, 0.2) is 0 Å². The second-order valence-corrected chi connectivity index (χ2v) is 6.71. The van der Waals surface area contributed by atoms with Crippen molar-refractivity contribution in [2.24, 2.45) is 11.8 Å². The molecule has 0 aliphatic carbocycles. The fourth-order valence-corrected chi connectivity index (χ4v) is 3.33. The molecule has 2 aliphatic rings. The lowest BCUT2D eigenvalue weighted by Gasteiger charge is -2.43. The van der Waals surface area contributed by atoms with Gasteiger partial charge in [-0.3, -0.25) is 0 Å². The van der Waals surface area contributed by atoms with Gasteiger partial charge in [-0.1, -0.05) is 13.8 Å². The normalized spacial score (nSPS) is 30.9. The zero-order valence-corrected chi connectivity index (χ0v) is 12.8. The number of aliphatic carboxylic acids is 1. The minimum absolute atomic E-state index is 0.0854. The number of carboxylic acids is 1. The molecule has 2 atom stereocenters. The van der Waals surface area contributed by atoms with Gasteiger partial charge >= 0.3 is 12.0 Å². The smallest absolute Gasteiger partial charge is 0.329 e. The van der Waals surface area contributed by atoms with Crippen molar-refractivity contribution in [1.82, 2.24) is 9.80 Å². The molecule has 5 heteroatoms. The van der Waals surface area contributed by atoms with E-state index < -0.39 is 11.5 Å². The van der Waals surface area contributed by atoms with Gasteiger partial charge in [0.2, 0.25) is 0 Å². The summed E-state index contributed by atoms with van der Waals surface area (Å²) in [5.41, 5.74) is -1.04. The summed E-state index contributed by atoms with van der Waals surface area (Å²) < 4.78 is 0. The minimum Gasteiger partial charge on any atom is -0.480 e. The van der Waals surface area contributed by atoms with Crippen LogP contribution in [0, 0.1) is 11.8 Å². The fraction of sp³-hybridized carbons (Fsp3) is 0.867. The second kappa shape index (κ2) is 5.62. The first-order valence-electron chi connectivity index (χ1n) is 7.66. The first kappa shape index (κ1) is 15.1. The largest absolute Gasteiger partial charge is 0.480 e. The van der Waals surface area contributed by atoms with Gasteiger partial charge in [0, 0.05) is 19.6 Å². The van der Waals surface area contributed by atoms with E-state index in [1.807, 2.05) is 4.90 Å². The highest BCUT2D eigenvalue weighted by atomic mass is 16.4. The molecule has 5 nitrogen and oxygen atoms in total. The van der Waals surface area contributed by atoms with Gasteiger partial charge in [0.15, 0.2) is 0 Å². The summed E-state index contributed by atoms with van der Waals surface area (Å²) in [4.78, 5) is 27.7. The van der Waals surface area contributed by atoms with E-state index in [1.54, 1.807) is 11.8 Å². The number of hydrogen-bond acceptors (Lipinski definition) is 2. The number of likely N-dealkylation sites (tertiary alicyclic amines) is 2. The van der Waals surface area contributed by atoms with Crippen molar-refractivity contribution >= 4 is 12.0 Å². The van der Waals surface area contributed by atoms with Crippen molar-refractivity contribution in [3.8, 4) is 0 Å². The predicted molar refractivity (Wildman–Crippen MR) is 76.5 cm³/mol. The molecule has 20 heavy (non-hydrogen) atoms. The minimum atomic E-state index is -1.04. The summed E-state index contributed by atoms with van der Waals surface area (Å²) in [6, 6.07) is -0.0854. The zero-order chi connectivity index (χ0) is 14.9. The quantitative estimate of drug-likeness (QED) is 0.846. The van der Waals surface area contributed by atoms with Crippen LogP contribution in [0.5, 0.6) is 0 Å². The summed E-state index contributed by atoms with van der Waals surface area (Å²) in [7, 11) is 0. The molecular weight excluding hydrogens is 256 g/mol. The lowest BCUT2D eigenvalue weighted by Crippen LogP contribution is -2.60. The molecule has 2 aliphatic heterocycles. The first-order valence-corrected chi connectivity index (χ1v) is 7.66. The molecule has 114 valence electrons. The van der Waals surface area contributed by atoms with Crippen LogP contribution in [-0.2, 0) is 4.79 Å². The van der Waals surface area contributed by atoms with Crippen LogP contribution in [0.25, 0.3) is 0 Å². The molecule has 2 unspecified atom stereocenters. The number of urea groups is 1. The molecule has 0 bridgehead atoms. The Morgan fingerprint density at radius 2 is 1.95 bits per heavy atom. The number of carboxylic acid groups (broad SMARTS) is 1. The Kier molecular flexibility index (Phi) is 4.25. The van der Waals surface area contributed by atoms with Crippen LogP contribution >= 0.6 is 0 Å². The third-order valence-electron chi connectivity index (χ3n) is 5.02. The van der Waals surface area contributed by atoms with E-state index in [0.29, 0.717) is 24.8 Å². The van der Waals surface area contributed by atoms with Crippen LogP contribution in [0.2, 0.25) is 0 Å². The molecule has 2 heterocycles. The summed E-state index contributed by atoms with van der Waals surface area (Å²) in [5, 5.41) is 9.49. The highest BCUT2D eigenvalue weighted by Gasteiger charge is 2.46. The van der Waals surface area contributed by atoms with Crippen molar-refractivity contribution in [2.75, 3.05) is 19.6 Å². The molecule has 0 aromatic rings. The number of nitrogens with zero attached hydrogens (tertiary/aromatic N) is 2. The Bertz CT molecular complexity index is 397. The average molecular weight is 282 g/mol. The maximum Gasteiger partial charge on any atom is 0.329 e. The monoisotopic (exact) mass is 282 g/mol. The molecule has 2 rings (SSSR count). The number of hydrogen-bond donors (Lipinski definition) is 1. The summed E-state index contributed by atoms with van der Waals surface area (Å²) >= 11 is 0. The van der Waals surface area contributed by atoms with E-state index in [9.17, 15) is 14.7 Å². The van der Waals surface area contributed by atoms with E-state index in [0.717, 1.165) is 32.4 Å². The van der Waals surface area contributed by atoms with Gasteiger partial charge in [-0.15, -0.1) is 0 Å². The molecule has 0 saturated carbocycles. The molecule has 2 fully saturated rings. The SMILES string of the molecule is CC(C)C1CCN(C(=O)N2CCCCC2(C)C(=O)O)C1. The van der Waals surface area contributed by atoms with Crippen molar-refractivity contribution in [2.45, 2.75) is 52.0 Å². The zero-order valence-electron chi connectivity index (χ0n) is 12.8. The maximum absolute atomic E-state index is 12.7. The Labute approximate surface area is 120 Å². The molecule has 0 aromatic heterocycles. The highest BCUT2D eigenvalue weighted by molar-refractivity contribution is 5.86. The summed E-state index contributed by atoms with van der Waals surface area (Å²) in [5.74, 6) is 0.227. The summed E-state index contributed by atoms with van der Waals surface area (Å²) in [6.45, 7) is 8.13. The number of carbonyl (C=O) groups excluding carboxylic acids is 1. The van der Waals surface area contributed by atoms with Crippen LogP contribution in [-0.4, -0.2) is 52.1 Å². The molecule has 1 N–H and O–H groups in total. The second-order valence-electron chi connectivity index (χ2n) is 6.71. The van der Waals surface area contributed by atoms with Crippen molar-refractivity contribution in [1.29, 1.82) is 0 Å². The van der Waals surface area contributed by atoms with Gasteiger partial charge < -0.3 is 14.9 Å². The third-order valence-corrected chi connectivity index (χ3v) is 5.02. The van der Waals surface area contributed by atoms with Gasteiger partial charge in [0.1, 0.15) is 5.54 Å². The van der Waals surface area contributed by atoms with Gasteiger partial charge in [0.25, 0.3) is 0 Å². The molecule has 0 radical (unpaired) electrons. The molecule has 2 saturated heterocycles. The Hall–Kier alpha value is -1.26. The van der Waals surface area contributed by atoms with E-state index in [-0.39, 0.29) is 6.03 Å². The summed E-state index contributed by atoms with van der Waals surface area (Å²) in [6.07, 6.45) is 3.35. The van der Waals surface area contributed by atoms with Crippen LogP contribution in [0.3, 0.4) is 0 Å². The standard InChI is InChI=1S/C15H26N2O3/c1-11(2)12-6-9-16(10-12)14(20)17-8-5-4-7-15(17,3)13(18)19/h11-12H,4-10H2,1-3H3,(H,18,19). The van der Waals surface area contributed by atoms with Crippen molar-refractivity contribution in [3.63, 3.8) is 0 Å². The van der Waals surface area contributed by atoms with Crippen LogP contribution < -0.4 is 0 Å². The number of amides is 2. The van der Waals surface area contributed by atoms with E-state index >= 15 is 0 Å². The lowest BCUT2D eigenvalue weighted by molar-refractivity contribution is -0.150.